The van der Waals surface area contributed by atoms with Crippen molar-refractivity contribution >= 4 is 6.03 Å². The Morgan fingerprint density at radius 1 is 1.00 bits per heavy atom. The average Bonchev–Trinajstić information content (AvgIpc) is 2.53. The van der Waals surface area contributed by atoms with Crippen molar-refractivity contribution in [2.24, 2.45) is 0 Å². The van der Waals surface area contributed by atoms with Crippen LogP contribution in [-0.2, 0) is 6.42 Å². The van der Waals surface area contributed by atoms with Gasteiger partial charge in [-0.15, -0.1) is 0 Å². The molecule has 0 saturated carbocycles. The summed E-state index contributed by atoms with van der Waals surface area (Å²) in [6, 6.07) is 17.7. The molecule has 0 heterocycles. The first-order valence-corrected chi connectivity index (χ1v) is 7.49. The molecule has 0 unspecified atom stereocenters. The first kappa shape index (κ1) is 15.9. The van der Waals surface area contributed by atoms with Gasteiger partial charge < -0.3 is 15.4 Å². The van der Waals surface area contributed by atoms with Gasteiger partial charge in [0.25, 0.3) is 0 Å². The van der Waals surface area contributed by atoms with Crippen LogP contribution in [0.25, 0.3) is 0 Å². The molecular weight excluding hydrogens is 276 g/mol. The number of hydrogen-bond donors (Lipinski definition) is 2. The van der Waals surface area contributed by atoms with Crippen LogP contribution in [0.15, 0.2) is 54.6 Å². The average molecular weight is 298 g/mol. The molecule has 116 valence electrons. The highest BCUT2D eigenvalue weighted by Crippen LogP contribution is 2.07. The van der Waals surface area contributed by atoms with Gasteiger partial charge in [0.15, 0.2) is 0 Å². The van der Waals surface area contributed by atoms with Crippen LogP contribution in [0, 0.1) is 6.92 Å². The van der Waals surface area contributed by atoms with Crippen molar-refractivity contribution in [1.29, 1.82) is 0 Å². The Balaban J connectivity index is 1.56. The maximum atomic E-state index is 11.6. The Labute approximate surface area is 131 Å². The van der Waals surface area contributed by atoms with E-state index in [0.717, 1.165) is 12.2 Å². The number of ether oxygens (including phenoxy) is 1. The molecule has 2 N–H and O–H groups in total. The predicted molar refractivity (Wildman–Crippen MR) is 88.2 cm³/mol. The van der Waals surface area contributed by atoms with E-state index in [0.29, 0.717) is 19.7 Å². The molecule has 2 aromatic carbocycles. The molecule has 4 heteroatoms. The fraction of sp³-hybridized carbons (Fsp3) is 0.278. The zero-order valence-electron chi connectivity index (χ0n) is 12.8. The van der Waals surface area contributed by atoms with E-state index in [9.17, 15) is 4.79 Å². The zero-order chi connectivity index (χ0) is 15.6. The zero-order valence-corrected chi connectivity index (χ0v) is 12.8. The second kappa shape index (κ2) is 8.72. The van der Waals surface area contributed by atoms with Gasteiger partial charge in [-0.25, -0.2) is 4.79 Å². The number of hydrogen-bond acceptors (Lipinski definition) is 2. The lowest BCUT2D eigenvalue weighted by atomic mass is 10.1. The summed E-state index contributed by atoms with van der Waals surface area (Å²) in [4.78, 5) is 11.6. The third-order valence-corrected chi connectivity index (χ3v) is 3.18. The summed E-state index contributed by atoms with van der Waals surface area (Å²) in [5, 5.41) is 5.62. The fourth-order valence-electron chi connectivity index (χ4n) is 2.10. The third kappa shape index (κ3) is 5.87. The van der Waals surface area contributed by atoms with Crippen molar-refractivity contribution in [3.8, 4) is 5.75 Å². The highest BCUT2D eigenvalue weighted by atomic mass is 16.5. The topological polar surface area (TPSA) is 50.4 Å². The van der Waals surface area contributed by atoms with E-state index in [4.69, 9.17) is 4.74 Å². The molecule has 0 aliphatic carbocycles. The van der Waals surface area contributed by atoms with Crippen LogP contribution >= 0.6 is 0 Å². The van der Waals surface area contributed by atoms with Gasteiger partial charge >= 0.3 is 6.03 Å². The summed E-state index contributed by atoms with van der Waals surface area (Å²) in [5.41, 5.74) is 2.47. The lowest BCUT2D eigenvalue weighted by Gasteiger charge is -2.09. The van der Waals surface area contributed by atoms with Gasteiger partial charge in [0.2, 0.25) is 0 Å². The number of carbonyl (C=O) groups is 1. The number of aryl methyl sites for hydroxylation is 1. The minimum absolute atomic E-state index is 0.163. The highest BCUT2D eigenvalue weighted by Gasteiger charge is 2.00. The second-order valence-electron chi connectivity index (χ2n) is 5.08. The van der Waals surface area contributed by atoms with E-state index in [1.165, 1.54) is 11.1 Å². The highest BCUT2D eigenvalue weighted by molar-refractivity contribution is 5.73. The quantitative estimate of drug-likeness (QED) is 0.772. The Kier molecular flexibility index (Phi) is 6.30. The van der Waals surface area contributed by atoms with Crippen molar-refractivity contribution in [1.82, 2.24) is 10.6 Å². The molecule has 0 spiro atoms. The third-order valence-electron chi connectivity index (χ3n) is 3.18. The molecule has 0 aromatic heterocycles. The Morgan fingerprint density at radius 2 is 1.77 bits per heavy atom. The predicted octanol–water partition coefficient (Wildman–Crippen LogP) is 2.92. The molecule has 0 atom stereocenters. The van der Waals surface area contributed by atoms with E-state index < -0.39 is 0 Å². The molecule has 0 bridgehead atoms. The number of amides is 2. The largest absolute Gasteiger partial charge is 0.492 e. The monoisotopic (exact) mass is 298 g/mol. The molecule has 0 aliphatic heterocycles. The lowest BCUT2D eigenvalue weighted by Crippen LogP contribution is -2.38. The van der Waals surface area contributed by atoms with E-state index >= 15 is 0 Å². The van der Waals surface area contributed by atoms with Crippen LogP contribution < -0.4 is 15.4 Å². The van der Waals surface area contributed by atoms with E-state index in [1.54, 1.807) is 0 Å². The van der Waals surface area contributed by atoms with Crippen LogP contribution in [0.2, 0.25) is 0 Å². The van der Waals surface area contributed by atoms with E-state index in [-0.39, 0.29) is 6.03 Å². The second-order valence-corrected chi connectivity index (χ2v) is 5.08. The van der Waals surface area contributed by atoms with Gasteiger partial charge in [0, 0.05) is 6.54 Å². The molecule has 0 saturated heterocycles. The molecule has 0 aliphatic rings. The van der Waals surface area contributed by atoms with Crippen molar-refractivity contribution in [3.05, 3.63) is 65.7 Å². The number of carbonyl (C=O) groups excluding carboxylic acids is 1. The molecule has 2 rings (SSSR count). The summed E-state index contributed by atoms with van der Waals surface area (Å²) in [5.74, 6) is 0.809. The maximum absolute atomic E-state index is 11.6. The standard InChI is InChI=1S/C18H22N2O2/c1-15-6-5-7-16(14-15)10-11-19-18(21)20-12-13-22-17-8-3-2-4-9-17/h2-9,14H,10-13H2,1H3,(H2,19,20,21). The van der Waals surface area contributed by atoms with Gasteiger partial charge in [0.05, 0.1) is 6.54 Å². The van der Waals surface area contributed by atoms with Gasteiger partial charge in [-0.2, -0.15) is 0 Å². The van der Waals surface area contributed by atoms with Crippen molar-refractivity contribution in [3.63, 3.8) is 0 Å². The minimum atomic E-state index is -0.163. The molecule has 2 aromatic rings. The van der Waals surface area contributed by atoms with E-state index in [1.807, 2.05) is 36.4 Å². The Morgan fingerprint density at radius 3 is 2.55 bits per heavy atom. The minimum Gasteiger partial charge on any atom is -0.492 e. The first-order chi connectivity index (χ1) is 10.7. The van der Waals surface area contributed by atoms with Crippen molar-refractivity contribution < 1.29 is 9.53 Å². The number of urea groups is 1. The number of nitrogens with one attached hydrogen (secondary N) is 2. The van der Waals surface area contributed by atoms with E-state index in [2.05, 4.69) is 35.8 Å². The van der Waals surface area contributed by atoms with Crippen LogP contribution in [0.5, 0.6) is 5.75 Å². The number of rotatable bonds is 7. The summed E-state index contributed by atoms with van der Waals surface area (Å²) >= 11 is 0. The molecule has 2 amide bonds. The Bertz CT molecular complexity index is 585. The summed E-state index contributed by atoms with van der Waals surface area (Å²) < 4.78 is 5.50. The van der Waals surface area contributed by atoms with Crippen LogP contribution in [0.1, 0.15) is 11.1 Å². The van der Waals surface area contributed by atoms with Gasteiger partial charge in [-0.05, 0) is 31.0 Å². The smallest absolute Gasteiger partial charge is 0.314 e. The molecular formula is C18H22N2O2. The normalized spacial score (nSPS) is 10.0. The number of benzene rings is 2. The fourth-order valence-corrected chi connectivity index (χ4v) is 2.10. The van der Waals surface area contributed by atoms with Gasteiger partial charge in [0.1, 0.15) is 12.4 Å². The molecule has 0 fully saturated rings. The first-order valence-electron chi connectivity index (χ1n) is 7.49. The van der Waals surface area contributed by atoms with Crippen molar-refractivity contribution in [2.45, 2.75) is 13.3 Å². The van der Waals surface area contributed by atoms with Crippen LogP contribution in [0.4, 0.5) is 4.79 Å². The van der Waals surface area contributed by atoms with Crippen LogP contribution in [0.3, 0.4) is 0 Å². The van der Waals surface area contributed by atoms with Crippen LogP contribution in [-0.4, -0.2) is 25.7 Å². The molecule has 22 heavy (non-hydrogen) atoms. The van der Waals surface area contributed by atoms with Gasteiger partial charge in [-0.1, -0.05) is 48.0 Å². The van der Waals surface area contributed by atoms with Gasteiger partial charge in [-0.3, -0.25) is 0 Å². The molecule has 0 radical (unpaired) electrons. The summed E-state index contributed by atoms with van der Waals surface area (Å²) in [6.45, 7) is 3.62. The number of para-hydroxylation sites is 1. The Hall–Kier alpha value is -2.49. The SMILES string of the molecule is Cc1cccc(CCNC(=O)NCCOc2ccccc2)c1. The lowest BCUT2D eigenvalue weighted by molar-refractivity contribution is 0.236. The maximum Gasteiger partial charge on any atom is 0.314 e. The summed E-state index contributed by atoms with van der Waals surface area (Å²) in [6.07, 6.45) is 0.829. The molecule has 4 nitrogen and oxygen atoms in total. The van der Waals surface area contributed by atoms with Crippen molar-refractivity contribution in [2.75, 3.05) is 19.7 Å². The summed E-state index contributed by atoms with van der Waals surface area (Å²) in [7, 11) is 0.